The summed E-state index contributed by atoms with van der Waals surface area (Å²) in [6.07, 6.45) is 1.83. The predicted molar refractivity (Wildman–Crippen MR) is 66.1 cm³/mol. The Hall–Kier alpha value is -0.640. The van der Waals surface area contributed by atoms with E-state index in [1.54, 1.807) is 12.1 Å². The number of nitrogens with two attached hydrogens (primary N) is 1. The van der Waals surface area contributed by atoms with Crippen LogP contribution in [-0.2, 0) is 0 Å². The molecule has 1 aromatic carbocycles. The Morgan fingerprint density at radius 3 is 2.62 bits per heavy atom. The summed E-state index contributed by atoms with van der Waals surface area (Å²) in [6, 6.07) is 5.16. The second-order valence-corrected chi connectivity index (χ2v) is 4.48. The maximum atomic E-state index is 13.0. The zero-order chi connectivity index (χ0) is 12.1. The van der Waals surface area contributed by atoms with Crippen molar-refractivity contribution in [2.75, 3.05) is 7.05 Å². The van der Waals surface area contributed by atoms with Crippen molar-refractivity contribution in [2.45, 2.75) is 31.8 Å². The molecule has 0 aliphatic heterocycles. The molecule has 2 unspecified atom stereocenters. The minimum Gasteiger partial charge on any atom is -0.328 e. The lowest BCUT2D eigenvalue weighted by Gasteiger charge is -2.18. The average Bonchev–Trinajstić information content (AvgIpc) is 2.23. The first kappa shape index (κ1) is 13.4. The van der Waals surface area contributed by atoms with Gasteiger partial charge in [0.1, 0.15) is 5.82 Å². The van der Waals surface area contributed by atoms with E-state index in [0.717, 1.165) is 18.4 Å². The first-order chi connectivity index (χ1) is 7.54. The van der Waals surface area contributed by atoms with Crippen LogP contribution >= 0.6 is 11.6 Å². The van der Waals surface area contributed by atoms with E-state index in [9.17, 15) is 4.39 Å². The van der Waals surface area contributed by atoms with E-state index in [0.29, 0.717) is 0 Å². The van der Waals surface area contributed by atoms with Gasteiger partial charge in [-0.15, -0.1) is 0 Å². The molecule has 0 aliphatic carbocycles. The number of hydrogen-bond donors (Lipinski definition) is 2. The van der Waals surface area contributed by atoms with Crippen molar-refractivity contribution in [3.63, 3.8) is 0 Å². The molecule has 0 saturated carbocycles. The lowest BCUT2D eigenvalue weighted by Crippen LogP contribution is -2.21. The zero-order valence-corrected chi connectivity index (χ0v) is 10.4. The van der Waals surface area contributed by atoms with Crippen molar-refractivity contribution in [3.05, 3.63) is 34.6 Å². The van der Waals surface area contributed by atoms with Crippen LogP contribution in [0.3, 0.4) is 0 Å². The van der Waals surface area contributed by atoms with Crippen molar-refractivity contribution in [2.24, 2.45) is 5.73 Å². The second kappa shape index (κ2) is 6.18. The molecule has 0 aliphatic rings. The number of nitrogens with one attached hydrogen (secondary N) is 1. The Labute approximate surface area is 101 Å². The molecule has 0 bridgehead atoms. The zero-order valence-electron chi connectivity index (χ0n) is 9.63. The van der Waals surface area contributed by atoms with Crippen LogP contribution in [0, 0.1) is 5.82 Å². The fraction of sp³-hybridized carbons (Fsp3) is 0.500. The Kier molecular flexibility index (Phi) is 5.19. The van der Waals surface area contributed by atoms with E-state index < -0.39 is 0 Å². The van der Waals surface area contributed by atoms with Crippen molar-refractivity contribution in [3.8, 4) is 0 Å². The molecular weight excluding hydrogens is 227 g/mol. The van der Waals surface area contributed by atoms with Crippen LogP contribution in [0.25, 0.3) is 0 Å². The van der Waals surface area contributed by atoms with Crippen molar-refractivity contribution in [1.82, 2.24) is 5.32 Å². The van der Waals surface area contributed by atoms with Gasteiger partial charge in [-0.3, -0.25) is 0 Å². The topological polar surface area (TPSA) is 38.0 Å². The number of hydrogen-bond acceptors (Lipinski definition) is 2. The summed E-state index contributed by atoms with van der Waals surface area (Å²) in [5.74, 6) is -0.382. The Balaban J connectivity index is 2.74. The van der Waals surface area contributed by atoms with E-state index in [-0.39, 0.29) is 22.9 Å². The van der Waals surface area contributed by atoms with E-state index in [2.05, 4.69) is 5.32 Å². The highest BCUT2D eigenvalue weighted by Gasteiger charge is 2.11. The molecule has 0 spiro atoms. The summed E-state index contributed by atoms with van der Waals surface area (Å²) < 4.78 is 13.0. The van der Waals surface area contributed by atoms with Crippen molar-refractivity contribution >= 4 is 11.6 Å². The summed E-state index contributed by atoms with van der Waals surface area (Å²) in [7, 11) is 1.88. The van der Waals surface area contributed by atoms with Gasteiger partial charge in [0.05, 0.1) is 5.02 Å². The van der Waals surface area contributed by atoms with Gasteiger partial charge in [0.15, 0.2) is 0 Å². The van der Waals surface area contributed by atoms with Crippen LogP contribution in [0.15, 0.2) is 18.2 Å². The quantitative estimate of drug-likeness (QED) is 0.836. The molecule has 0 saturated heterocycles. The van der Waals surface area contributed by atoms with Gasteiger partial charge < -0.3 is 11.1 Å². The molecule has 0 radical (unpaired) electrons. The van der Waals surface area contributed by atoms with Crippen LogP contribution in [0.5, 0.6) is 0 Å². The molecule has 2 atom stereocenters. The van der Waals surface area contributed by atoms with Gasteiger partial charge in [-0.25, -0.2) is 4.39 Å². The summed E-state index contributed by atoms with van der Waals surface area (Å²) >= 11 is 5.75. The second-order valence-electron chi connectivity index (χ2n) is 4.07. The number of rotatable bonds is 5. The van der Waals surface area contributed by atoms with Crippen LogP contribution < -0.4 is 11.1 Å². The Morgan fingerprint density at radius 1 is 1.44 bits per heavy atom. The highest BCUT2D eigenvalue weighted by molar-refractivity contribution is 6.30. The lowest BCUT2D eigenvalue weighted by atomic mass is 10.00. The maximum absolute atomic E-state index is 13.0. The largest absolute Gasteiger partial charge is 0.328 e. The predicted octanol–water partition coefficient (Wildman–Crippen LogP) is 2.87. The molecule has 1 aromatic rings. The molecule has 0 heterocycles. The van der Waals surface area contributed by atoms with E-state index in [1.165, 1.54) is 6.07 Å². The van der Waals surface area contributed by atoms with Crippen molar-refractivity contribution in [1.29, 1.82) is 0 Å². The van der Waals surface area contributed by atoms with Crippen LogP contribution in [0.1, 0.15) is 31.4 Å². The highest BCUT2D eigenvalue weighted by Crippen LogP contribution is 2.23. The van der Waals surface area contributed by atoms with Gasteiger partial charge in [0.25, 0.3) is 0 Å². The lowest BCUT2D eigenvalue weighted by molar-refractivity contribution is 0.495. The van der Waals surface area contributed by atoms with E-state index in [1.807, 2.05) is 14.0 Å². The average molecular weight is 245 g/mol. The molecule has 0 aromatic heterocycles. The van der Waals surface area contributed by atoms with Crippen LogP contribution in [0.4, 0.5) is 4.39 Å². The molecule has 0 amide bonds. The third-order valence-corrected chi connectivity index (χ3v) is 2.89. The van der Waals surface area contributed by atoms with Crippen LogP contribution in [-0.4, -0.2) is 13.1 Å². The molecule has 1 rings (SSSR count). The van der Waals surface area contributed by atoms with Gasteiger partial charge in [-0.05, 0) is 44.5 Å². The van der Waals surface area contributed by atoms with Gasteiger partial charge in [-0.2, -0.15) is 0 Å². The van der Waals surface area contributed by atoms with E-state index in [4.69, 9.17) is 17.3 Å². The maximum Gasteiger partial charge on any atom is 0.141 e. The third kappa shape index (κ3) is 3.74. The Morgan fingerprint density at radius 2 is 2.12 bits per heavy atom. The molecule has 90 valence electrons. The summed E-state index contributed by atoms with van der Waals surface area (Å²) in [5, 5.41) is 3.35. The minimum absolute atomic E-state index is 0.165. The molecule has 3 N–H and O–H groups in total. The third-order valence-electron chi connectivity index (χ3n) is 2.61. The summed E-state index contributed by atoms with van der Waals surface area (Å²) in [4.78, 5) is 0. The van der Waals surface area contributed by atoms with Crippen LogP contribution in [0.2, 0.25) is 5.02 Å². The fourth-order valence-electron chi connectivity index (χ4n) is 1.64. The van der Waals surface area contributed by atoms with Gasteiger partial charge >= 0.3 is 0 Å². The van der Waals surface area contributed by atoms with Crippen molar-refractivity contribution < 1.29 is 4.39 Å². The van der Waals surface area contributed by atoms with Gasteiger partial charge in [0, 0.05) is 12.1 Å². The molecular formula is C12H18ClFN2. The normalized spacial score (nSPS) is 14.8. The minimum atomic E-state index is -0.382. The molecule has 16 heavy (non-hydrogen) atoms. The monoisotopic (exact) mass is 244 g/mol. The number of halogens is 2. The Bertz CT molecular complexity index is 342. The SMILES string of the molecule is CNC(CCC(C)N)c1ccc(F)c(Cl)c1. The summed E-state index contributed by atoms with van der Waals surface area (Å²) in [6.45, 7) is 1.98. The molecule has 4 heteroatoms. The highest BCUT2D eigenvalue weighted by atomic mass is 35.5. The first-order valence-electron chi connectivity index (χ1n) is 5.42. The first-order valence-corrected chi connectivity index (χ1v) is 5.80. The number of benzene rings is 1. The van der Waals surface area contributed by atoms with E-state index >= 15 is 0 Å². The van der Waals surface area contributed by atoms with Gasteiger partial charge in [0.2, 0.25) is 0 Å². The molecule has 0 fully saturated rings. The van der Waals surface area contributed by atoms with Gasteiger partial charge in [-0.1, -0.05) is 17.7 Å². The fourth-order valence-corrected chi connectivity index (χ4v) is 1.83. The standard InChI is InChI=1S/C12H18ClFN2/c1-8(15)3-6-12(16-2)9-4-5-11(14)10(13)7-9/h4-5,7-8,12,16H,3,6,15H2,1-2H3. The summed E-state index contributed by atoms with van der Waals surface area (Å²) in [5.41, 5.74) is 6.71. The molecule has 2 nitrogen and oxygen atoms in total. The smallest absolute Gasteiger partial charge is 0.141 e.